The zero-order valence-electron chi connectivity index (χ0n) is 11.5. The number of nitrogens with zero attached hydrogens (tertiary/aromatic N) is 1. The number of aliphatic hydroxyl groups is 1. The maximum atomic E-state index is 12.0. The Morgan fingerprint density at radius 2 is 2.35 bits per heavy atom. The fourth-order valence-corrected chi connectivity index (χ4v) is 3.48. The molecule has 6 heteroatoms. The van der Waals surface area contributed by atoms with Gasteiger partial charge < -0.3 is 10.4 Å². The molecule has 108 valence electrons. The molecule has 0 aromatic carbocycles. The summed E-state index contributed by atoms with van der Waals surface area (Å²) in [6.45, 7) is 3.97. The second kappa shape index (κ2) is 6.47. The van der Waals surface area contributed by atoms with E-state index in [-0.39, 0.29) is 12.5 Å². The molecule has 0 bridgehead atoms. The molecule has 0 aliphatic rings. The molecule has 0 saturated carbocycles. The quantitative estimate of drug-likeness (QED) is 0.862. The van der Waals surface area contributed by atoms with Crippen LogP contribution in [0.3, 0.4) is 0 Å². The fourth-order valence-electron chi connectivity index (χ4n) is 1.76. The number of hydrogen-bond donors (Lipinski definition) is 2. The maximum Gasteiger partial charge on any atom is 0.263 e. The summed E-state index contributed by atoms with van der Waals surface area (Å²) in [5.41, 5.74) is -1.04. The summed E-state index contributed by atoms with van der Waals surface area (Å²) in [7, 11) is 0. The molecule has 2 N–H and O–H groups in total. The van der Waals surface area contributed by atoms with Gasteiger partial charge in [0.15, 0.2) is 0 Å². The highest BCUT2D eigenvalue weighted by atomic mass is 32.1. The minimum Gasteiger partial charge on any atom is -0.383 e. The average Bonchev–Trinajstić information content (AvgIpc) is 3.07. The van der Waals surface area contributed by atoms with E-state index < -0.39 is 5.60 Å². The van der Waals surface area contributed by atoms with E-state index in [1.165, 1.54) is 22.7 Å². The monoisotopic (exact) mass is 310 g/mol. The second-order valence-electron chi connectivity index (χ2n) is 4.80. The molecule has 2 aromatic heterocycles. The zero-order chi connectivity index (χ0) is 14.6. The number of carbonyl (C=O) groups excluding carboxylic acids is 1. The summed E-state index contributed by atoms with van der Waals surface area (Å²) in [4.78, 5) is 17.7. The van der Waals surface area contributed by atoms with Crippen molar-refractivity contribution in [1.29, 1.82) is 0 Å². The maximum absolute atomic E-state index is 12.0. The smallest absolute Gasteiger partial charge is 0.263 e. The van der Waals surface area contributed by atoms with Gasteiger partial charge in [-0.2, -0.15) is 0 Å². The number of aryl methyl sites for hydroxylation is 1. The van der Waals surface area contributed by atoms with Gasteiger partial charge >= 0.3 is 0 Å². The van der Waals surface area contributed by atoms with Gasteiger partial charge in [0.2, 0.25) is 0 Å². The van der Waals surface area contributed by atoms with Gasteiger partial charge in [0, 0.05) is 4.88 Å². The van der Waals surface area contributed by atoms with Crippen LogP contribution in [0.1, 0.15) is 39.8 Å². The van der Waals surface area contributed by atoms with E-state index in [4.69, 9.17) is 0 Å². The summed E-state index contributed by atoms with van der Waals surface area (Å²) in [5.74, 6) is -0.179. The normalized spacial score (nSPS) is 13.9. The van der Waals surface area contributed by atoms with Gasteiger partial charge in [-0.15, -0.1) is 22.7 Å². The molecule has 1 unspecified atom stereocenters. The lowest BCUT2D eigenvalue weighted by atomic mass is 10.1. The predicted molar refractivity (Wildman–Crippen MR) is 82.3 cm³/mol. The third kappa shape index (κ3) is 3.65. The van der Waals surface area contributed by atoms with Crippen LogP contribution < -0.4 is 5.32 Å². The topological polar surface area (TPSA) is 62.2 Å². The van der Waals surface area contributed by atoms with Crippen molar-refractivity contribution in [3.8, 4) is 0 Å². The Morgan fingerprint density at radius 1 is 1.55 bits per heavy atom. The Bertz CT molecular complexity index is 562. The van der Waals surface area contributed by atoms with Crippen LogP contribution in [0, 0.1) is 0 Å². The third-order valence-corrected chi connectivity index (χ3v) is 5.07. The summed E-state index contributed by atoms with van der Waals surface area (Å²) >= 11 is 2.89. The Labute approximate surface area is 126 Å². The number of thiophene rings is 1. The van der Waals surface area contributed by atoms with Crippen molar-refractivity contribution in [2.24, 2.45) is 0 Å². The SMILES string of the molecule is CCCc1ncc(C(=O)NCC(C)(O)c2cccs2)s1. The van der Waals surface area contributed by atoms with Gasteiger partial charge in [0.25, 0.3) is 5.91 Å². The number of aromatic nitrogens is 1. The van der Waals surface area contributed by atoms with Crippen LogP contribution in [0.15, 0.2) is 23.7 Å². The first-order valence-electron chi connectivity index (χ1n) is 6.52. The molecule has 0 fully saturated rings. The summed E-state index contributed by atoms with van der Waals surface area (Å²) in [6, 6.07) is 3.75. The highest BCUT2D eigenvalue weighted by Gasteiger charge is 2.25. The summed E-state index contributed by atoms with van der Waals surface area (Å²) < 4.78 is 0. The second-order valence-corrected chi connectivity index (χ2v) is 6.86. The van der Waals surface area contributed by atoms with Crippen molar-refractivity contribution in [3.05, 3.63) is 38.5 Å². The van der Waals surface area contributed by atoms with E-state index >= 15 is 0 Å². The van der Waals surface area contributed by atoms with Crippen molar-refractivity contribution in [1.82, 2.24) is 10.3 Å². The van der Waals surface area contributed by atoms with Gasteiger partial charge in [-0.25, -0.2) is 4.98 Å². The van der Waals surface area contributed by atoms with Gasteiger partial charge in [-0.3, -0.25) is 4.79 Å². The summed E-state index contributed by atoms with van der Waals surface area (Å²) in [6.07, 6.45) is 3.51. The number of thiazole rings is 1. The standard InChI is InChI=1S/C14H18N2O2S2/c1-3-5-12-15-8-10(20-12)13(17)16-9-14(2,18)11-6-4-7-19-11/h4,6-8,18H,3,5,9H2,1-2H3,(H,16,17). The van der Waals surface area contributed by atoms with Crippen molar-refractivity contribution >= 4 is 28.6 Å². The van der Waals surface area contributed by atoms with E-state index in [1.807, 2.05) is 17.5 Å². The predicted octanol–water partition coefficient (Wildman–Crippen LogP) is 2.79. The lowest BCUT2D eigenvalue weighted by Gasteiger charge is -2.21. The van der Waals surface area contributed by atoms with Crippen molar-refractivity contribution in [3.63, 3.8) is 0 Å². The molecule has 20 heavy (non-hydrogen) atoms. The van der Waals surface area contributed by atoms with E-state index in [2.05, 4.69) is 17.2 Å². The lowest BCUT2D eigenvalue weighted by Crippen LogP contribution is -2.37. The summed E-state index contributed by atoms with van der Waals surface area (Å²) in [5, 5.41) is 16.0. The highest BCUT2D eigenvalue weighted by molar-refractivity contribution is 7.13. The number of carbonyl (C=O) groups is 1. The number of nitrogens with one attached hydrogen (secondary N) is 1. The van der Waals surface area contributed by atoms with Crippen LogP contribution in [0.4, 0.5) is 0 Å². The highest BCUT2D eigenvalue weighted by Crippen LogP contribution is 2.24. The average molecular weight is 310 g/mol. The Balaban J connectivity index is 1.94. The van der Waals surface area contributed by atoms with E-state index in [1.54, 1.807) is 13.1 Å². The first kappa shape index (κ1) is 15.2. The van der Waals surface area contributed by atoms with Gasteiger partial charge in [0.05, 0.1) is 17.7 Å². The van der Waals surface area contributed by atoms with Crippen LogP contribution in [-0.2, 0) is 12.0 Å². The van der Waals surface area contributed by atoms with Gasteiger partial charge in [-0.1, -0.05) is 13.0 Å². The van der Waals surface area contributed by atoms with Gasteiger partial charge in [0.1, 0.15) is 10.5 Å². The Morgan fingerprint density at radius 3 is 3.00 bits per heavy atom. The largest absolute Gasteiger partial charge is 0.383 e. The molecule has 0 aliphatic heterocycles. The van der Waals surface area contributed by atoms with Crippen LogP contribution in [-0.4, -0.2) is 22.5 Å². The Kier molecular flexibility index (Phi) is 4.91. The molecule has 0 saturated heterocycles. The Hall–Kier alpha value is -1.24. The van der Waals surface area contributed by atoms with Gasteiger partial charge in [-0.05, 0) is 31.2 Å². The molecule has 2 rings (SSSR count). The first-order valence-corrected chi connectivity index (χ1v) is 8.22. The van der Waals surface area contributed by atoms with E-state index in [9.17, 15) is 9.90 Å². The van der Waals surface area contributed by atoms with E-state index in [0.717, 1.165) is 22.7 Å². The first-order chi connectivity index (χ1) is 9.53. The van der Waals surface area contributed by atoms with Crippen molar-refractivity contribution in [2.75, 3.05) is 6.54 Å². The molecular weight excluding hydrogens is 292 g/mol. The van der Waals surface area contributed by atoms with Crippen molar-refractivity contribution < 1.29 is 9.90 Å². The molecule has 2 heterocycles. The molecular formula is C14H18N2O2S2. The fraction of sp³-hybridized carbons (Fsp3) is 0.429. The minimum absolute atomic E-state index is 0.179. The molecule has 0 aliphatic carbocycles. The lowest BCUT2D eigenvalue weighted by molar-refractivity contribution is 0.0558. The zero-order valence-corrected chi connectivity index (χ0v) is 13.2. The molecule has 4 nitrogen and oxygen atoms in total. The van der Waals surface area contributed by atoms with Crippen LogP contribution in [0.2, 0.25) is 0 Å². The van der Waals surface area contributed by atoms with Crippen LogP contribution in [0.5, 0.6) is 0 Å². The number of rotatable bonds is 6. The van der Waals surface area contributed by atoms with Crippen molar-refractivity contribution in [2.45, 2.75) is 32.3 Å². The van der Waals surface area contributed by atoms with Crippen LogP contribution in [0.25, 0.3) is 0 Å². The number of amides is 1. The number of hydrogen-bond acceptors (Lipinski definition) is 5. The van der Waals surface area contributed by atoms with E-state index in [0.29, 0.717) is 4.88 Å². The molecule has 1 atom stereocenters. The molecule has 2 aromatic rings. The minimum atomic E-state index is -1.04. The molecule has 0 spiro atoms. The third-order valence-electron chi connectivity index (χ3n) is 2.89. The molecule has 0 radical (unpaired) electrons. The molecule has 1 amide bonds. The van der Waals surface area contributed by atoms with Crippen LogP contribution >= 0.6 is 22.7 Å².